The zero-order valence-corrected chi connectivity index (χ0v) is 19.9. The van der Waals surface area contributed by atoms with Crippen LogP contribution in [0.15, 0.2) is 34.9 Å². The highest BCUT2D eigenvalue weighted by Crippen LogP contribution is 2.38. The molecule has 4 aromatic rings. The molecule has 9 nitrogen and oxygen atoms in total. The second-order valence-electron chi connectivity index (χ2n) is 9.75. The molecule has 0 bridgehead atoms. The van der Waals surface area contributed by atoms with Crippen LogP contribution >= 0.6 is 0 Å². The maximum atomic E-state index is 13.5. The summed E-state index contributed by atoms with van der Waals surface area (Å²) < 4.78 is 15.7. The largest absolute Gasteiger partial charge is 0.494 e. The number of imidazole rings is 1. The average molecular weight is 473 g/mol. The van der Waals surface area contributed by atoms with E-state index >= 15 is 0 Å². The van der Waals surface area contributed by atoms with E-state index in [9.17, 15) is 10.1 Å². The molecule has 6 rings (SSSR count). The Morgan fingerprint density at radius 3 is 2.86 bits per heavy atom. The number of nitriles is 1. The number of methoxy groups -OCH3 is 1. The highest BCUT2D eigenvalue weighted by atomic mass is 16.5. The Balaban J connectivity index is 1.46. The number of carbonyl (C=O) groups excluding carboxylic acids is 1. The Labute approximate surface area is 202 Å². The van der Waals surface area contributed by atoms with E-state index in [0.717, 1.165) is 41.1 Å². The predicted octanol–water partition coefficient (Wildman–Crippen LogP) is 3.66. The van der Waals surface area contributed by atoms with Crippen LogP contribution in [0, 0.1) is 17.2 Å². The van der Waals surface area contributed by atoms with Crippen LogP contribution in [0.3, 0.4) is 0 Å². The normalized spacial score (nSPS) is 20.5. The summed E-state index contributed by atoms with van der Waals surface area (Å²) in [4.78, 5) is 20.0. The van der Waals surface area contributed by atoms with Crippen LogP contribution in [0.25, 0.3) is 33.7 Å². The number of hydrogen-bond donors (Lipinski definition) is 1. The van der Waals surface area contributed by atoms with Crippen LogP contribution < -0.4 is 10.5 Å². The molecule has 2 aliphatic rings. The zero-order chi connectivity index (χ0) is 24.3. The molecule has 35 heavy (non-hydrogen) atoms. The molecule has 0 unspecified atom stereocenters. The van der Waals surface area contributed by atoms with Crippen molar-refractivity contribution in [1.82, 2.24) is 19.0 Å². The van der Waals surface area contributed by atoms with E-state index in [1.54, 1.807) is 30.4 Å². The number of nitrogens with zero attached hydrogens (tertiary/aromatic N) is 5. The monoisotopic (exact) mass is 472 g/mol. The van der Waals surface area contributed by atoms with Gasteiger partial charge in [0.25, 0.3) is 5.91 Å². The molecule has 1 aliphatic carbocycles. The molecular weight excluding hydrogens is 444 g/mol. The molecule has 4 heterocycles. The smallest absolute Gasteiger partial charge is 0.255 e. The van der Waals surface area contributed by atoms with Gasteiger partial charge >= 0.3 is 0 Å². The molecule has 2 N–H and O–H groups in total. The first kappa shape index (κ1) is 21.7. The number of furan rings is 1. The van der Waals surface area contributed by atoms with Crippen molar-refractivity contribution in [3.05, 3.63) is 36.1 Å². The van der Waals surface area contributed by atoms with Crippen LogP contribution in [-0.2, 0) is 13.6 Å². The van der Waals surface area contributed by atoms with E-state index in [1.807, 2.05) is 17.7 Å². The van der Waals surface area contributed by atoms with Crippen LogP contribution in [0.2, 0.25) is 0 Å². The molecular formula is C26H28N6O3. The van der Waals surface area contributed by atoms with Crippen molar-refractivity contribution in [3.8, 4) is 23.3 Å². The number of aryl methyl sites for hydroxylation is 1. The average Bonchev–Trinajstić information content (AvgIpc) is 3.31. The summed E-state index contributed by atoms with van der Waals surface area (Å²) >= 11 is 0. The number of piperidine rings is 1. The van der Waals surface area contributed by atoms with Gasteiger partial charge in [-0.2, -0.15) is 5.26 Å². The number of likely N-dealkylation sites (tertiary alicyclic amines) is 1. The number of nitrogens with two attached hydrogens (primary N) is 1. The topological polar surface area (TPSA) is 115 Å². The summed E-state index contributed by atoms with van der Waals surface area (Å²) in [5.41, 5.74) is 9.86. The van der Waals surface area contributed by atoms with Crippen molar-refractivity contribution in [2.24, 2.45) is 18.7 Å². The van der Waals surface area contributed by atoms with Crippen LogP contribution in [0.1, 0.15) is 36.0 Å². The fourth-order valence-corrected chi connectivity index (χ4v) is 5.24. The molecule has 2 atom stereocenters. The first-order valence-corrected chi connectivity index (χ1v) is 12.1. The highest BCUT2D eigenvalue weighted by Gasteiger charge is 2.32. The first-order chi connectivity index (χ1) is 17.0. The highest BCUT2D eigenvalue weighted by molar-refractivity contribution is 6.00. The number of rotatable bonds is 5. The van der Waals surface area contributed by atoms with E-state index in [4.69, 9.17) is 19.9 Å². The lowest BCUT2D eigenvalue weighted by Gasteiger charge is -2.34. The van der Waals surface area contributed by atoms with Gasteiger partial charge in [0.05, 0.1) is 30.7 Å². The van der Waals surface area contributed by atoms with Crippen molar-refractivity contribution in [1.29, 1.82) is 5.26 Å². The molecule has 0 radical (unpaired) electrons. The van der Waals surface area contributed by atoms with E-state index in [0.29, 0.717) is 35.7 Å². The number of carbonyl (C=O) groups is 1. The van der Waals surface area contributed by atoms with E-state index in [1.165, 1.54) is 12.8 Å². The number of hydrogen-bond acceptors (Lipinski definition) is 6. The molecule has 1 aromatic carbocycles. The van der Waals surface area contributed by atoms with Gasteiger partial charge in [0, 0.05) is 37.1 Å². The lowest BCUT2D eigenvalue weighted by Crippen LogP contribution is -2.50. The maximum absolute atomic E-state index is 13.5. The van der Waals surface area contributed by atoms with Crippen molar-refractivity contribution >= 4 is 28.0 Å². The van der Waals surface area contributed by atoms with Gasteiger partial charge < -0.3 is 28.9 Å². The lowest BCUT2D eigenvalue weighted by atomic mass is 9.98. The Bertz CT molecular complexity index is 1480. The zero-order valence-electron chi connectivity index (χ0n) is 19.9. The van der Waals surface area contributed by atoms with Gasteiger partial charge in [-0.05, 0) is 55.9 Å². The minimum atomic E-state index is -0.482. The molecule has 2 fully saturated rings. The summed E-state index contributed by atoms with van der Waals surface area (Å²) in [5, 5.41) is 10.6. The fourth-order valence-electron chi connectivity index (χ4n) is 5.24. The summed E-state index contributed by atoms with van der Waals surface area (Å²) in [5.74, 6) is 1.77. The standard InChI is InChI=1S/C26H28N6O3/c1-30-23-20(29-24(30)21-10-16-7-8-35-26(16)32(21)13-15-3-4-15)9-17(11-22(23)34-2)25(33)31-14-18(28)5-6-19(31)12-27/h7-11,15,18-19H,3-6,13-14,28H2,1-2H3/t18-,19-/m1/s1. The number of aromatic nitrogens is 3. The first-order valence-electron chi connectivity index (χ1n) is 12.1. The van der Waals surface area contributed by atoms with Gasteiger partial charge in [-0.25, -0.2) is 4.98 Å². The third kappa shape index (κ3) is 3.56. The molecule has 3 aromatic heterocycles. The van der Waals surface area contributed by atoms with Gasteiger partial charge in [-0.3, -0.25) is 4.79 Å². The molecule has 1 saturated heterocycles. The predicted molar refractivity (Wildman–Crippen MR) is 131 cm³/mol. The van der Waals surface area contributed by atoms with Crippen molar-refractivity contribution in [2.75, 3.05) is 13.7 Å². The molecule has 9 heteroatoms. The number of benzene rings is 1. The van der Waals surface area contributed by atoms with Gasteiger partial charge in [-0.1, -0.05) is 0 Å². The minimum Gasteiger partial charge on any atom is -0.494 e. The second kappa shape index (κ2) is 8.17. The lowest BCUT2D eigenvalue weighted by molar-refractivity contribution is 0.0650. The summed E-state index contributed by atoms with van der Waals surface area (Å²) in [6.07, 6.45) is 5.48. The van der Waals surface area contributed by atoms with Crippen molar-refractivity contribution in [2.45, 2.75) is 44.3 Å². The third-order valence-corrected chi connectivity index (χ3v) is 7.30. The van der Waals surface area contributed by atoms with Gasteiger partial charge in [0.1, 0.15) is 17.3 Å². The third-order valence-electron chi connectivity index (χ3n) is 7.30. The summed E-state index contributed by atoms with van der Waals surface area (Å²) in [6, 6.07) is 9.23. The fraction of sp³-hybridized carbons (Fsp3) is 0.423. The van der Waals surface area contributed by atoms with Crippen molar-refractivity contribution in [3.63, 3.8) is 0 Å². The van der Waals surface area contributed by atoms with Gasteiger partial charge in [-0.15, -0.1) is 0 Å². The molecule has 1 saturated carbocycles. The number of ether oxygens (including phenoxy) is 1. The Morgan fingerprint density at radius 2 is 2.11 bits per heavy atom. The Hall–Kier alpha value is -3.77. The minimum absolute atomic E-state index is 0.131. The molecule has 1 amide bonds. The Kier molecular flexibility index (Phi) is 5.07. The van der Waals surface area contributed by atoms with Crippen LogP contribution in [0.4, 0.5) is 0 Å². The Morgan fingerprint density at radius 1 is 1.29 bits per heavy atom. The quantitative estimate of drug-likeness (QED) is 0.474. The second-order valence-corrected chi connectivity index (χ2v) is 9.75. The van der Waals surface area contributed by atoms with Crippen molar-refractivity contribution < 1.29 is 13.9 Å². The van der Waals surface area contributed by atoms with Gasteiger partial charge in [0.15, 0.2) is 5.82 Å². The number of fused-ring (bicyclic) bond motifs is 2. The van der Waals surface area contributed by atoms with E-state index in [-0.39, 0.29) is 11.9 Å². The molecule has 0 spiro atoms. The molecule has 180 valence electrons. The van der Waals surface area contributed by atoms with Crippen LogP contribution in [-0.4, -0.2) is 50.7 Å². The summed E-state index contributed by atoms with van der Waals surface area (Å²) in [7, 11) is 3.55. The van der Waals surface area contributed by atoms with Gasteiger partial charge in [0.2, 0.25) is 5.71 Å². The summed E-state index contributed by atoms with van der Waals surface area (Å²) in [6.45, 7) is 1.25. The molecule has 1 aliphatic heterocycles. The van der Waals surface area contributed by atoms with E-state index < -0.39 is 6.04 Å². The maximum Gasteiger partial charge on any atom is 0.255 e. The van der Waals surface area contributed by atoms with E-state index in [2.05, 4.69) is 16.7 Å². The SMILES string of the molecule is COc1cc(C(=O)N2C[C@H](N)CC[C@@H]2C#N)cc2nc(-c3cc4ccoc4n3CC3CC3)n(C)c12. The van der Waals surface area contributed by atoms with Crippen LogP contribution in [0.5, 0.6) is 5.75 Å². The number of amides is 1.